The number of carbonyl (C=O) groups is 2. The lowest BCUT2D eigenvalue weighted by atomic mass is 9.89. The van der Waals surface area contributed by atoms with Crippen molar-refractivity contribution in [3.8, 4) is 6.07 Å². The summed E-state index contributed by atoms with van der Waals surface area (Å²) < 4.78 is 0. The van der Waals surface area contributed by atoms with E-state index in [0.717, 1.165) is 5.56 Å². The zero-order valence-electron chi connectivity index (χ0n) is 13.0. The van der Waals surface area contributed by atoms with Crippen LogP contribution < -0.4 is 5.32 Å². The van der Waals surface area contributed by atoms with Crippen molar-refractivity contribution in [2.24, 2.45) is 0 Å². The Balaban J connectivity index is 1.78. The molecule has 0 saturated carbocycles. The topological polar surface area (TPSA) is 102 Å². The lowest BCUT2D eigenvalue weighted by molar-refractivity contribution is -0.138. The number of Topliss-reactive ketones (excluding diaryl/α,β-unsaturated/α-hetero) is 1. The zero-order chi connectivity index (χ0) is 17.0. The minimum absolute atomic E-state index is 0.0910. The third-order valence-corrected chi connectivity index (χ3v) is 4.06. The Hall–Kier alpha value is -2.98. The second-order valence-electron chi connectivity index (χ2n) is 5.69. The number of nitrogens with one attached hydrogen (secondary N) is 2. The predicted molar refractivity (Wildman–Crippen MR) is 86.0 cm³/mol. The van der Waals surface area contributed by atoms with E-state index in [1.54, 1.807) is 6.20 Å². The van der Waals surface area contributed by atoms with E-state index in [4.69, 9.17) is 0 Å². The second-order valence-corrected chi connectivity index (χ2v) is 5.69. The Bertz CT molecular complexity index is 766. The number of imidazole rings is 1. The van der Waals surface area contributed by atoms with Gasteiger partial charge in [0, 0.05) is 31.9 Å². The highest BCUT2D eigenvalue weighted by molar-refractivity contribution is 5.99. The van der Waals surface area contributed by atoms with Crippen molar-refractivity contribution in [2.75, 3.05) is 19.6 Å². The van der Waals surface area contributed by atoms with E-state index >= 15 is 0 Å². The average Bonchev–Trinajstić information content (AvgIpc) is 3.14. The average molecular weight is 323 g/mol. The normalized spacial score (nSPS) is 20.6. The van der Waals surface area contributed by atoms with E-state index in [-0.39, 0.29) is 30.5 Å². The Morgan fingerprint density at radius 3 is 2.83 bits per heavy atom. The van der Waals surface area contributed by atoms with Crippen molar-refractivity contribution >= 4 is 11.7 Å². The molecule has 1 aliphatic rings. The van der Waals surface area contributed by atoms with E-state index in [0.29, 0.717) is 13.1 Å². The van der Waals surface area contributed by atoms with E-state index in [9.17, 15) is 14.9 Å². The summed E-state index contributed by atoms with van der Waals surface area (Å²) in [4.78, 5) is 33.1. The van der Waals surface area contributed by atoms with Gasteiger partial charge in [-0.25, -0.2) is 4.98 Å². The van der Waals surface area contributed by atoms with Gasteiger partial charge in [0.2, 0.25) is 5.78 Å². The number of benzene rings is 1. The summed E-state index contributed by atoms with van der Waals surface area (Å²) in [6.07, 6.45) is 3.30. The van der Waals surface area contributed by atoms with Gasteiger partial charge in [0.15, 0.2) is 11.4 Å². The number of aromatic amines is 1. The first kappa shape index (κ1) is 15.9. The number of nitrogens with zero attached hydrogens (tertiary/aromatic N) is 3. The van der Waals surface area contributed by atoms with Crippen LogP contribution >= 0.6 is 0 Å². The fourth-order valence-electron chi connectivity index (χ4n) is 2.84. The molecular weight excluding hydrogens is 306 g/mol. The molecule has 24 heavy (non-hydrogen) atoms. The van der Waals surface area contributed by atoms with Crippen LogP contribution in [-0.4, -0.2) is 51.7 Å². The third-order valence-electron chi connectivity index (χ3n) is 4.06. The molecule has 1 aromatic heterocycles. The van der Waals surface area contributed by atoms with Gasteiger partial charge in [-0.3, -0.25) is 14.9 Å². The summed E-state index contributed by atoms with van der Waals surface area (Å²) in [6, 6.07) is 11.5. The van der Waals surface area contributed by atoms with Crippen molar-refractivity contribution in [1.82, 2.24) is 20.2 Å². The fraction of sp³-hybridized carbons (Fsp3) is 0.294. The van der Waals surface area contributed by atoms with Gasteiger partial charge in [-0.1, -0.05) is 30.3 Å². The summed E-state index contributed by atoms with van der Waals surface area (Å²) >= 11 is 0. The van der Waals surface area contributed by atoms with E-state index in [2.05, 4.69) is 21.4 Å². The van der Waals surface area contributed by atoms with Crippen LogP contribution in [0.4, 0.5) is 0 Å². The molecule has 7 nitrogen and oxygen atoms in total. The molecule has 0 radical (unpaired) electrons. The molecule has 7 heteroatoms. The van der Waals surface area contributed by atoms with Crippen molar-refractivity contribution in [1.29, 1.82) is 5.26 Å². The summed E-state index contributed by atoms with van der Waals surface area (Å²) in [5.41, 5.74) is -0.456. The molecule has 2 heterocycles. The maximum atomic E-state index is 12.8. The molecule has 1 unspecified atom stereocenters. The number of hydrogen-bond acceptors (Lipinski definition) is 5. The number of H-pyrrole nitrogens is 1. The van der Waals surface area contributed by atoms with E-state index < -0.39 is 5.54 Å². The molecule has 0 aliphatic carbocycles. The van der Waals surface area contributed by atoms with Crippen molar-refractivity contribution in [2.45, 2.75) is 12.0 Å². The van der Waals surface area contributed by atoms with Crippen LogP contribution in [0.5, 0.6) is 0 Å². The molecule has 1 atom stereocenters. The van der Waals surface area contributed by atoms with Gasteiger partial charge < -0.3 is 9.88 Å². The quantitative estimate of drug-likeness (QED) is 0.782. The molecule has 122 valence electrons. The smallest absolute Gasteiger partial charge is 0.258 e. The highest BCUT2D eigenvalue weighted by Gasteiger charge is 2.44. The number of aromatic nitrogens is 2. The number of amides is 1. The van der Waals surface area contributed by atoms with Gasteiger partial charge in [-0.05, 0) is 5.56 Å². The Kier molecular flexibility index (Phi) is 4.40. The Labute approximate surface area is 139 Å². The SMILES string of the molecule is N#CC1(Cc2ccccc2)NCCN(CC(=O)c2ncc[nH]2)C1=O. The number of carbonyl (C=O) groups excluding carboxylic acids is 2. The van der Waals surface area contributed by atoms with E-state index in [1.165, 1.54) is 11.1 Å². The van der Waals surface area contributed by atoms with Gasteiger partial charge in [-0.2, -0.15) is 5.26 Å². The minimum atomic E-state index is -1.34. The largest absolute Gasteiger partial charge is 0.342 e. The highest BCUT2D eigenvalue weighted by atomic mass is 16.2. The minimum Gasteiger partial charge on any atom is -0.342 e. The summed E-state index contributed by atoms with van der Waals surface area (Å²) in [7, 11) is 0. The van der Waals surface area contributed by atoms with Crippen LogP contribution in [0.25, 0.3) is 0 Å². The van der Waals surface area contributed by atoms with Gasteiger partial charge in [0.05, 0.1) is 12.6 Å². The van der Waals surface area contributed by atoms with Gasteiger partial charge in [0.1, 0.15) is 0 Å². The molecule has 2 N–H and O–H groups in total. The monoisotopic (exact) mass is 323 g/mol. The van der Waals surface area contributed by atoms with Gasteiger partial charge in [-0.15, -0.1) is 0 Å². The molecular formula is C17H17N5O2. The first-order valence-electron chi connectivity index (χ1n) is 7.67. The molecule has 1 aliphatic heterocycles. The molecule has 0 bridgehead atoms. The molecule has 2 aromatic rings. The van der Waals surface area contributed by atoms with Crippen molar-refractivity contribution in [3.05, 3.63) is 54.1 Å². The number of hydrogen-bond donors (Lipinski definition) is 2. The molecule has 3 rings (SSSR count). The standard InChI is InChI=1S/C17H17N5O2/c18-12-17(10-13-4-2-1-3-5-13)16(24)22(9-8-21-17)11-14(23)15-19-6-7-20-15/h1-7,21H,8-11H2,(H,19,20). The van der Waals surface area contributed by atoms with Crippen molar-refractivity contribution < 1.29 is 9.59 Å². The zero-order valence-corrected chi connectivity index (χ0v) is 13.0. The molecule has 1 amide bonds. The highest BCUT2D eigenvalue weighted by Crippen LogP contribution is 2.19. The first-order valence-corrected chi connectivity index (χ1v) is 7.67. The summed E-state index contributed by atoms with van der Waals surface area (Å²) in [6.45, 7) is 0.743. The lowest BCUT2D eigenvalue weighted by Gasteiger charge is -2.38. The fourth-order valence-corrected chi connectivity index (χ4v) is 2.84. The van der Waals surface area contributed by atoms with Crippen LogP contribution in [0, 0.1) is 11.3 Å². The number of ketones is 1. The van der Waals surface area contributed by atoms with Crippen LogP contribution in [0.3, 0.4) is 0 Å². The first-order chi connectivity index (χ1) is 11.6. The Morgan fingerprint density at radius 1 is 1.38 bits per heavy atom. The maximum Gasteiger partial charge on any atom is 0.258 e. The van der Waals surface area contributed by atoms with Gasteiger partial charge in [0.25, 0.3) is 5.91 Å². The second kappa shape index (κ2) is 6.64. The van der Waals surface area contributed by atoms with Crippen molar-refractivity contribution in [3.63, 3.8) is 0 Å². The molecule has 0 spiro atoms. The number of piperazine rings is 1. The van der Waals surface area contributed by atoms with Crippen LogP contribution in [0.1, 0.15) is 16.2 Å². The third kappa shape index (κ3) is 3.05. The number of nitriles is 1. The Morgan fingerprint density at radius 2 is 2.17 bits per heavy atom. The lowest BCUT2D eigenvalue weighted by Crippen LogP contribution is -2.65. The summed E-state index contributed by atoms with van der Waals surface area (Å²) in [5.74, 6) is -0.436. The summed E-state index contributed by atoms with van der Waals surface area (Å²) in [5, 5.41) is 12.7. The predicted octanol–water partition coefficient (Wildman–Crippen LogP) is 0.529. The maximum absolute atomic E-state index is 12.8. The van der Waals surface area contributed by atoms with E-state index in [1.807, 2.05) is 30.3 Å². The van der Waals surface area contributed by atoms with Crippen LogP contribution in [-0.2, 0) is 11.2 Å². The number of rotatable bonds is 5. The van der Waals surface area contributed by atoms with Gasteiger partial charge >= 0.3 is 0 Å². The molecule has 1 saturated heterocycles. The molecule has 1 fully saturated rings. The molecule has 1 aromatic carbocycles. The van der Waals surface area contributed by atoms with Crippen LogP contribution in [0.2, 0.25) is 0 Å². The van der Waals surface area contributed by atoms with Crippen LogP contribution in [0.15, 0.2) is 42.7 Å².